The van der Waals surface area contributed by atoms with Gasteiger partial charge in [-0.05, 0) is 24.1 Å². The van der Waals surface area contributed by atoms with Gasteiger partial charge in [-0.1, -0.05) is 30.3 Å². The van der Waals surface area contributed by atoms with Crippen molar-refractivity contribution in [2.75, 3.05) is 11.2 Å². The highest BCUT2D eigenvalue weighted by Crippen LogP contribution is 2.13. The molecule has 21 heavy (non-hydrogen) atoms. The molecule has 0 bridgehead atoms. The quantitative estimate of drug-likeness (QED) is 0.734. The highest BCUT2D eigenvalue weighted by atomic mass is 35.5. The molecule has 1 N–H and O–H groups in total. The van der Waals surface area contributed by atoms with Crippen molar-refractivity contribution in [3.05, 3.63) is 60.4 Å². The standard InChI is InChI=1S/C16H15ClN4/c17-11-13(10-12-4-2-1-3-5-12)20-15-7-6-14-16(21-15)19-9-8-18-14/h1-9,13H,10-11H2,(H,19,20,21). The van der Waals surface area contributed by atoms with E-state index in [1.165, 1.54) is 5.56 Å². The number of hydrogen-bond donors (Lipinski definition) is 1. The lowest BCUT2D eigenvalue weighted by Crippen LogP contribution is -2.24. The molecule has 5 heteroatoms. The summed E-state index contributed by atoms with van der Waals surface area (Å²) in [6.07, 6.45) is 4.15. The molecule has 0 saturated heterocycles. The summed E-state index contributed by atoms with van der Waals surface area (Å²) in [5.74, 6) is 1.28. The van der Waals surface area contributed by atoms with Crippen molar-refractivity contribution in [1.82, 2.24) is 15.0 Å². The Morgan fingerprint density at radius 1 is 1.00 bits per heavy atom. The predicted molar refractivity (Wildman–Crippen MR) is 85.6 cm³/mol. The number of halogens is 1. The summed E-state index contributed by atoms with van der Waals surface area (Å²) in [4.78, 5) is 12.9. The third-order valence-electron chi connectivity index (χ3n) is 3.19. The smallest absolute Gasteiger partial charge is 0.180 e. The number of rotatable bonds is 5. The van der Waals surface area contributed by atoms with E-state index in [2.05, 4.69) is 32.4 Å². The third kappa shape index (κ3) is 3.47. The summed E-state index contributed by atoms with van der Waals surface area (Å²) < 4.78 is 0. The van der Waals surface area contributed by atoms with Crippen LogP contribution in [0.15, 0.2) is 54.9 Å². The van der Waals surface area contributed by atoms with Gasteiger partial charge in [-0.15, -0.1) is 11.6 Å². The second kappa shape index (κ2) is 6.50. The first kappa shape index (κ1) is 13.8. The molecule has 1 atom stereocenters. The molecule has 3 rings (SSSR count). The van der Waals surface area contributed by atoms with Crippen LogP contribution in [0.25, 0.3) is 11.2 Å². The minimum absolute atomic E-state index is 0.121. The molecule has 2 aromatic heterocycles. The van der Waals surface area contributed by atoms with E-state index in [0.29, 0.717) is 11.5 Å². The number of anilines is 1. The zero-order valence-electron chi connectivity index (χ0n) is 11.4. The molecule has 1 unspecified atom stereocenters. The lowest BCUT2D eigenvalue weighted by Gasteiger charge is -2.16. The van der Waals surface area contributed by atoms with E-state index in [-0.39, 0.29) is 6.04 Å². The van der Waals surface area contributed by atoms with Crippen molar-refractivity contribution < 1.29 is 0 Å². The first-order valence-corrected chi connectivity index (χ1v) is 7.33. The Bertz CT molecular complexity index is 718. The molecule has 0 aliphatic heterocycles. The van der Waals surface area contributed by atoms with Gasteiger partial charge in [-0.25, -0.2) is 9.97 Å². The van der Waals surface area contributed by atoms with Gasteiger partial charge in [0, 0.05) is 24.3 Å². The Morgan fingerprint density at radius 3 is 2.62 bits per heavy atom. The predicted octanol–water partition coefficient (Wildman–Crippen LogP) is 3.29. The summed E-state index contributed by atoms with van der Waals surface area (Å²) in [5.41, 5.74) is 2.67. The molecule has 0 radical (unpaired) electrons. The normalized spacial score (nSPS) is 12.2. The summed E-state index contributed by atoms with van der Waals surface area (Å²) in [6, 6.07) is 14.2. The number of nitrogens with zero attached hydrogens (tertiary/aromatic N) is 3. The highest BCUT2D eigenvalue weighted by molar-refractivity contribution is 6.18. The van der Waals surface area contributed by atoms with Gasteiger partial charge < -0.3 is 5.32 Å². The van der Waals surface area contributed by atoms with Crippen molar-refractivity contribution in [3.8, 4) is 0 Å². The molecule has 106 valence electrons. The molecule has 4 nitrogen and oxygen atoms in total. The van der Waals surface area contributed by atoms with Crippen LogP contribution in [-0.2, 0) is 6.42 Å². The molecule has 1 aromatic carbocycles. The van der Waals surface area contributed by atoms with Crippen LogP contribution in [-0.4, -0.2) is 26.9 Å². The average Bonchev–Trinajstić information content (AvgIpc) is 2.55. The van der Waals surface area contributed by atoms with Crippen molar-refractivity contribution in [3.63, 3.8) is 0 Å². The van der Waals surface area contributed by atoms with Crippen LogP contribution in [0.1, 0.15) is 5.56 Å². The van der Waals surface area contributed by atoms with E-state index < -0.39 is 0 Å². The summed E-state index contributed by atoms with van der Waals surface area (Å²) >= 11 is 6.07. The summed E-state index contributed by atoms with van der Waals surface area (Å²) in [7, 11) is 0. The Kier molecular flexibility index (Phi) is 4.26. The van der Waals surface area contributed by atoms with E-state index in [4.69, 9.17) is 11.6 Å². The average molecular weight is 299 g/mol. The molecule has 0 aliphatic rings. The van der Waals surface area contributed by atoms with Gasteiger partial charge in [0.05, 0.1) is 0 Å². The van der Waals surface area contributed by atoms with Gasteiger partial charge in [-0.2, -0.15) is 0 Å². The number of pyridine rings is 1. The molecule has 0 saturated carbocycles. The number of benzene rings is 1. The van der Waals surface area contributed by atoms with Crippen LogP contribution in [0, 0.1) is 0 Å². The fraction of sp³-hybridized carbons (Fsp3) is 0.188. The van der Waals surface area contributed by atoms with Gasteiger partial charge in [0.15, 0.2) is 5.65 Å². The van der Waals surface area contributed by atoms with Gasteiger partial charge >= 0.3 is 0 Å². The topological polar surface area (TPSA) is 50.7 Å². The van der Waals surface area contributed by atoms with Crippen molar-refractivity contribution in [1.29, 1.82) is 0 Å². The maximum atomic E-state index is 6.07. The summed E-state index contributed by atoms with van der Waals surface area (Å²) in [6.45, 7) is 0. The number of alkyl halides is 1. The van der Waals surface area contributed by atoms with Crippen LogP contribution in [0.4, 0.5) is 5.82 Å². The van der Waals surface area contributed by atoms with Crippen LogP contribution in [0.5, 0.6) is 0 Å². The number of nitrogens with one attached hydrogen (secondary N) is 1. The largest absolute Gasteiger partial charge is 0.366 e. The number of aromatic nitrogens is 3. The van der Waals surface area contributed by atoms with Crippen LogP contribution >= 0.6 is 11.6 Å². The molecule has 3 aromatic rings. The number of hydrogen-bond acceptors (Lipinski definition) is 4. The maximum Gasteiger partial charge on any atom is 0.180 e. The molecular weight excluding hydrogens is 284 g/mol. The molecule has 0 spiro atoms. The monoisotopic (exact) mass is 298 g/mol. The maximum absolute atomic E-state index is 6.07. The highest BCUT2D eigenvalue weighted by Gasteiger charge is 2.09. The van der Waals surface area contributed by atoms with E-state index in [9.17, 15) is 0 Å². The minimum atomic E-state index is 0.121. The van der Waals surface area contributed by atoms with Crippen molar-refractivity contribution in [2.45, 2.75) is 12.5 Å². The summed E-state index contributed by atoms with van der Waals surface area (Å²) in [5, 5.41) is 3.36. The van der Waals surface area contributed by atoms with Crippen molar-refractivity contribution in [2.24, 2.45) is 0 Å². The van der Waals surface area contributed by atoms with Gasteiger partial charge in [0.2, 0.25) is 0 Å². The van der Waals surface area contributed by atoms with Crippen LogP contribution in [0.3, 0.4) is 0 Å². The molecular formula is C16H15ClN4. The molecule has 2 heterocycles. The zero-order chi connectivity index (χ0) is 14.5. The third-order valence-corrected chi connectivity index (χ3v) is 3.57. The second-order valence-electron chi connectivity index (χ2n) is 4.78. The van der Waals surface area contributed by atoms with Gasteiger partial charge in [0.25, 0.3) is 0 Å². The lowest BCUT2D eigenvalue weighted by molar-refractivity contribution is 0.792. The number of fused-ring (bicyclic) bond motifs is 1. The Balaban J connectivity index is 1.76. The fourth-order valence-corrected chi connectivity index (χ4v) is 2.37. The molecule has 0 aliphatic carbocycles. The minimum Gasteiger partial charge on any atom is -0.366 e. The van der Waals surface area contributed by atoms with Crippen molar-refractivity contribution >= 4 is 28.6 Å². The van der Waals surface area contributed by atoms with Gasteiger partial charge in [-0.3, -0.25) is 4.98 Å². The van der Waals surface area contributed by atoms with E-state index >= 15 is 0 Å². The van der Waals surface area contributed by atoms with Crippen LogP contribution in [0.2, 0.25) is 0 Å². The fourth-order valence-electron chi connectivity index (χ4n) is 2.19. The first-order valence-electron chi connectivity index (χ1n) is 6.79. The second-order valence-corrected chi connectivity index (χ2v) is 5.09. The first-order chi connectivity index (χ1) is 10.3. The zero-order valence-corrected chi connectivity index (χ0v) is 12.2. The van der Waals surface area contributed by atoms with Crippen LogP contribution < -0.4 is 5.32 Å². The Morgan fingerprint density at radius 2 is 1.81 bits per heavy atom. The lowest BCUT2D eigenvalue weighted by atomic mass is 10.1. The van der Waals surface area contributed by atoms with E-state index in [1.54, 1.807) is 12.4 Å². The Hall–Kier alpha value is -2.20. The van der Waals surface area contributed by atoms with E-state index in [1.807, 2.05) is 30.3 Å². The molecule has 0 fully saturated rings. The Labute approximate surface area is 128 Å². The van der Waals surface area contributed by atoms with E-state index in [0.717, 1.165) is 17.8 Å². The SMILES string of the molecule is ClCC(Cc1ccccc1)Nc1ccc2nccnc2n1. The molecule has 0 amide bonds. The van der Waals surface area contributed by atoms with Gasteiger partial charge in [0.1, 0.15) is 11.3 Å².